The molecular weight excluding hydrogens is 399 g/mol. The van der Waals surface area contributed by atoms with Gasteiger partial charge >= 0.3 is 0 Å². The van der Waals surface area contributed by atoms with E-state index in [1.807, 2.05) is 31.4 Å². The van der Waals surface area contributed by atoms with Crippen molar-refractivity contribution in [1.82, 2.24) is 14.5 Å². The van der Waals surface area contributed by atoms with E-state index < -0.39 is 0 Å². The molecule has 0 spiro atoms. The first-order chi connectivity index (χ1) is 12.6. The number of methoxy groups -OCH3 is 1. The first-order valence-electron chi connectivity index (χ1n) is 9.15. The number of hydrogen-bond donors (Lipinski definition) is 1. The van der Waals surface area contributed by atoms with Gasteiger partial charge < -0.3 is 19.9 Å². The molecule has 2 aromatic rings. The van der Waals surface area contributed by atoms with Crippen molar-refractivity contribution < 1.29 is 9.53 Å². The summed E-state index contributed by atoms with van der Waals surface area (Å²) in [4.78, 5) is 19.1. The normalized spacial score (nSPS) is 21.3. The zero-order valence-electron chi connectivity index (χ0n) is 16.4. The highest BCUT2D eigenvalue weighted by molar-refractivity contribution is 5.85. The predicted molar refractivity (Wildman–Crippen MR) is 115 cm³/mol. The molecule has 28 heavy (non-hydrogen) atoms. The van der Waals surface area contributed by atoms with E-state index in [4.69, 9.17) is 10.5 Å². The maximum absolute atomic E-state index is 12.9. The number of amides is 1. The van der Waals surface area contributed by atoms with Gasteiger partial charge in [-0.1, -0.05) is 30.3 Å². The van der Waals surface area contributed by atoms with Crippen LogP contribution in [0.3, 0.4) is 0 Å². The molecule has 1 aliphatic carbocycles. The van der Waals surface area contributed by atoms with E-state index in [9.17, 15) is 4.79 Å². The molecule has 2 N–H and O–H groups in total. The fourth-order valence-electron chi connectivity index (χ4n) is 3.67. The number of ether oxygens (including phenoxy) is 1. The first kappa shape index (κ1) is 24.4. The van der Waals surface area contributed by atoms with Crippen molar-refractivity contribution in [2.24, 2.45) is 11.7 Å². The van der Waals surface area contributed by atoms with Gasteiger partial charge in [0.25, 0.3) is 0 Å². The first-order valence-corrected chi connectivity index (χ1v) is 9.15. The molecule has 1 saturated carbocycles. The van der Waals surface area contributed by atoms with Crippen molar-refractivity contribution >= 4 is 30.7 Å². The maximum atomic E-state index is 12.9. The molecule has 0 aliphatic heterocycles. The Hall–Kier alpha value is -1.60. The summed E-state index contributed by atoms with van der Waals surface area (Å²) in [6.45, 7) is 1.25. The van der Waals surface area contributed by atoms with E-state index >= 15 is 0 Å². The Kier molecular flexibility index (Phi) is 9.96. The van der Waals surface area contributed by atoms with Crippen molar-refractivity contribution in [3.63, 3.8) is 0 Å². The summed E-state index contributed by atoms with van der Waals surface area (Å²) in [5, 5.41) is 0. The molecule has 3 rings (SSSR count). The third-order valence-corrected chi connectivity index (χ3v) is 5.25. The van der Waals surface area contributed by atoms with Crippen LogP contribution >= 0.6 is 24.8 Å². The highest BCUT2D eigenvalue weighted by Gasteiger charge is 2.33. The number of benzene rings is 1. The number of carbonyl (C=O) groups excluding carboxylic acids is 1. The number of halogens is 2. The molecule has 0 radical (unpaired) electrons. The van der Waals surface area contributed by atoms with E-state index in [0.29, 0.717) is 13.0 Å². The minimum absolute atomic E-state index is 0. The topological polar surface area (TPSA) is 73.4 Å². The predicted octanol–water partition coefficient (Wildman–Crippen LogP) is 2.88. The maximum Gasteiger partial charge on any atom is 0.225 e. The summed E-state index contributed by atoms with van der Waals surface area (Å²) in [6, 6.07) is 10.3. The van der Waals surface area contributed by atoms with Crippen molar-refractivity contribution in [2.45, 2.75) is 44.5 Å². The second-order valence-corrected chi connectivity index (χ2v) is 7.10. The number of hydrogen-bond acceptors (Lipinski definition) is 4. The van der Waals surface area contributed by atoms with Crippen molar-refractivity contribution in [2.75, 3.05) is 14.2 Å². The molecule has 1 aromatic heterocycles. The minimum Gasteiger partial charge on any atom is -0.380 e. The van der Waals surface area contributed by atoms with Crippen LogP contribution in [0.2, 0.25) is 0 Å². The molecule has 8 heteroatoms. The molecule has 1 amide bonds. The van der Waals surface area contributed by atoms with Crippen LogP contribution in [0.15, 0.2) is 42.7 Å². The molecule has 1 aliphatic rings. The summed E-state index contributed by atoms with van der Waals surface area (Å²) in [5.41, 5.74) is 7.28. The monoisotopic (exact) mass is 428 g/mol. The van der Waals surface area contributed by atoms with Gasteiger partial charge in [-0.05, 0) is 24.8 Å². The number of aromatic nitrogens is 2. The summed E-state index contributed by atoms with van der Waals surface area (Å²) in [7, 11) is 3.52. The van der Waals surface area contributed by atoms with E-state index in [-0.39, 0.29) is 48.8 Å². The summed E-state index contributed by atoms with van der Waals surface area (Å²) < 4.78 is 7.53. The Morgan fingerprint density at radius 1 is 1.29 bits per heavy atom. The van der Waals surface area contributed by atoms with Crippen molar-refractivity contribution in [1.29, 1.82) is 0 Å². The number of nitrogens with zero attached hydrogens (tertiary/aromatic N) is 3. The van der Waals surface area contributed by atoms with Crippen LogP contribution in [0, 0.1) is 5.92 Å². The summed E-state index contributed by atoms with van der Waals surface area (Å²) in [5.74, 6) is 1.01. The standard InChI is InChI=1S/C20H28N4O2.2ClH/c1-23(20(25)16-8-9-17(21)18(12-16)26-2)14-19-22-10-11-24(19)13-15-6-4-3-5-7-15;;/h3-7,10-11,16-18H,8-9,12-14,21H2,1-2H3;2*1H/t16-,17+,18+;;/m0../s1. The molecule has 3 atom stereocenters. The molecule has 0 bridgehead atoms. The number of carbonyl (C=O) groups is 1. The van der Waals surface area contributed by atoms with E-state index in [1.165, 1.54) is 5.56 Å². The molecule has 156 valence electrons. The molecule has 6 nitrogen and oxygen atoms in total. The van der Waals surface area contributed by atoms with Gasteiger partial charge in [-0.15, -0.1) is 24.8 Å². The lowest BCUT2D eigenvalue weighted by Gasteiger charge is -2.34. The average molecular weight is 429 g/mol. The largest absolute Gasteiger partial charge is 0.380 e. The lowest BCUT2D eigenvalue weighted by molar-refractivity contribution is -0.137. The average Bonchev–Trinajstić information content (AvgIpc) is 3.09. The molecule has 1 fully saturated rings. The highest BCUT2D eigenvalue weighted by Crippen LogP contribution is 2.27. The second-order valence-electron chi connectivity index (χ2n) is 7.10. The fourth-order valence-corrected chi connectivity index (χ4v) is 3.67. The minimum atomic E-state index is -0.0360. The number of imidazole rings is 1. The summed E-state index contributed by atoms with van der Waals surface area (Å²) in [6.07, 6.45) is 6.05. The lowest BCUT2D eigenvalue weighted by Crippen LogP contribution is -2.45. The Bertz CT molecular complexity index is 726. The Morgan fingerprint density at radius 2 is 2.00 bits per heavy atom. The van der Waals surface area contributed by atoms with Gasteiger partial charge in [0.15, 0.2) is 0 Å². The van der Waals surface area contributed by atoms with Crippen molar-refractivity contribution in [3.8, 4) is 0 Å². The fraction of sp³-hybridized carbons (Fsp3) is 0.500. The van der Waals surface area contributed by atoms with Gasteiger partial charge in [-0.2, -0.15) is 0 Å². The number of rotatable bonds is 6. The van der Waals surface area contributed by atoms with Gasteiger partial charge in [-0.3, -0.25) is 4.79 Å². The Labute approximate surface area is 179 Å². The van der Waals surface area contributed by atoms with Crippen LogP contribution in [0.5, 0.6) is 0 Å². The third kappa shape index (κ3) is 5.95. The third-order valence-electron chi connectivity index (χ3n) is 5.25. The van der Waals surface area contributed by atoms with Crippen LogP contribution in [0.25, 0.3) is 0 Å². The lowest BCUT2D eigenvalue weighted by atomic mass is 9.83. The van der Waals surface area contributed by atoms with Crippen LogP contribution in [-0.4, -0.2) is 46.7 Å². The van der Waals surface area contributed by atoms with Gasteiger partial charge in [0.05, 0.1) is 12.6 Å². The Morgan fingerprint density at radius 3 is 2.68 bits per heavy atom. The summed E-state index contributed by atoms with van der Waals surface area (Å²) >= 11 is 0. The van der Waals surface area contributed by atoms with Crippen LogP contribution in [0.4, 0.5) is 0 Å². The molecule has 0 unspecified atom stereocenters. The van der Waals surface area contributed by atoms with E-state index in [0.717, 1.165) is 25.2 Å². The Balaban J connectivity index is 0.00000196. The van der Waals surface area contributed by atoms with Gasteiger partial charge in [-0.25, -0.2) is 4.98 Å². The van der Waals surface area contributed by atoms with Gasteiger partial charge in [0.1, 0.15) is 5.82 Å². The van der Waals surface area contributed by atoms with Gasteiger partial charge in [0.2, 0.25) is 5.91 Å². The van der Waals surface area contributed by atoms with Crippen molar-refractivity contribution in [3.05, 3.63) is 54.1 Å². The van der Waals surface area contributed by atoms with Gasteiger partial charge in [0, 0.05) is 45.1 Å². The molecule has 1 heterocycles. The van der Waals surface area contributed by atoms with Crippen LogP contribution in [-0.2, 0) is 22.6 Å². The van der Waals surface area contributed by atoms with E-state index in [2.05, 4.69) is 21.7 Å². The second kappa shape index (κ2) is 11.4. The smallest absolute Gasteiger partial charge is 0.225 e. The SMILES string of the molecule is CO[C@@H]1C[C@@H](C(=O)N(C)Cc2nccn2Cc2ccccc2)CC[C@H]1N.Cl.Cl. The quantitative estimate of drug-likeness (QED) is 0.767. The molecule has 1 aromatic carbocycles. The molecule has 0 saturated heterocycles. The zero-order valence-corrected chi connectivity index (χ0v) is 18.0. The zero-order chi connectivity index (χ0) is 18.5. The van der Waals surface area contributed by atoms with E-state index in [1.54, 1.807) is 18.2 Å². The highest BCUT2D eigenvalue weighted by atomic mass is 35.5. The number of nitrogens with two attached hydrogens (primary N) is 1. The van der Waals surface area contributed by atoms with Crippen LogP contribution < -0.4 is 5.73 Å². The van der Waals surface area contributed by atoms with Crippen LogP contribution in [0.1, 0.15) is 30.7 Å². The molecular formula is C20H30Cl2N4O2.